The summed E-state index contributed by atoms with van der Waals surface area (Å²) in [5.41, 5.74) is 6.15. The molecule has 0 heterocycles. The third kappa shape index (κ3) is 8.45. The molecule has 37 heavy (non-hydrogen) atoms. The lowest BCUT2D eigenvalue weighted by molar-refractivity contribution is 0.390. The topological polar surface area (TPSA) is 65.2 Å². The maximum atomic E-state index is 11.0. The van der Waals surface area contributed by atoms with E-state index >= 15 is 0 Å². The highest BCUT2D eigenvalue weighted by Gasteiger charge is 2.23. The van der Waals surface area contributed by atoms with Gasteiger partial charge in [-0.1, -0.05) is 65.0 Å². The Labute approximate surface area is 225 Å². The van der Waals surface area contributed by atoms with Crippen molar-refractivity contribution in [2.24, 2.45) is 9.98 Å². The third-order valence-corrected chi connectivity index (χ3v) is 7.61. The number of hydrogen-bond donors (Lipinski definition) is 2. The van der Waals surface area contributed by atoms with E-state index in [9.17, 15) is 10.2 Å². The van der Waals surface area contributed by atoms with Crippen LogP contribution in [-0.4, -0.2) is 34.7 Å². The first kappa shape index (κ1) is 28.9. The van der Waals surface area contributed by atoms with Crippen LogP contribution in [0.4, 0.5) is 0 Å². The summed E-state index contributed by atoms with van der Waals surface area (Å²) in [5, 5.41) is 21.7. The molecule has 0 aliphatic heterocycles. The first-order valence-electron chi connectivity index (χ1n) is 14.7. The minimum atomic E-state index is 0.0917. The Balaban J connectivity index is 1.82. The number of phenols is 2. The van der Waals surface area contributed by atoms with Gasteiger partial charge in [-0.15, -0.1) is 0 Å². The van der Waals surface area contributed by atoms with Gasteiger partial charge in [0.05, 0.1) is 12.1 Å². The van der Waals surface area contributed by atoms with Crippen molar-refractivity contribution in [2.75, 3.05) is 0 Å². The molecule has 1 fully saturated rings. The van der Waals surface area contributed by atoms with Crippen molar-refractivity contribution in [1.82, 2.24) is 0 Å². The SMILES string of the molecule is CCCCc1cc(C)c(O)c(C=N[C@H]2CCCCC2N=Cc2cc(CCCC)cc(CCCC)c2O)c1. The fraction of sp³-hybridized carbons (Fsp3) is 0.576. The van der Waals surface area contributed by atoms with Crippen LogP contribution in [0.2, 0.25) is 0 Å². The molecule has 2 N–H and O–H groups in total. The molecule has 202 valence electrons. The molecule has 4 heteroatoms. The number of nitrogens with zero attached hydrogens (tertiary/aromatic N) is 2. The largest absolute Gasteiger partial charge is 0.507 e. The van der Waals surface area contributed by atoms with Gasteiger partial charge in [-0.05, 0) is 92.7 Å². The predicted octanol–water partition coefficient (Wildman–Crippen LogP) is 8.28. The molecule has 0 amide bonds. The van der Waals surface area contributed by atoms with Crippen molar-refractivity contribution in [3.63, 3.8) is 0 Å². The standard InChI is InChI=1S/C33H48N2O2/c1-5-8-13-25-18-24(4)32(36)28(20-25)22-34-30-16-11-12-17-31(30)35-23-29-21-26(14-9-6-2)19-27(33(29)37)15-10-7-3/h18-23,30-31,36-37H,5-17H2,1-4H3/t30-,31?/m0/s1. The Bertz CT molecular complexity index is 1060. The van der Waals surface area contributed by atoms with E-state index in [2.05, 4.69) is 45.0 Å². The number of rotatable bonds is 13. The lowest BCUT2D eigenvalue weighted by Gasteiger charge is -2.25. The van der Waals surface area contributed by atoms with E-state index in [0.29, 0.717) is 11.5 Å². The van der Waals surface area contributed by atoms with Crippen LogP contribution >= 0.6 is 0 Å². The molecule has 1 aliphatic rings. The second-order valence-corrected chi connectivity index (χ2v) is 10.8. The van der Waals surface area contributed by atoms with Gasteiger partial charge in [0, 0.05) is 23.6 Å². The smallest absolute Gasteiger partial charge is 0.127 e. The van der Waals surface area contributed by atoms with Crippen molar-refractivity contribution in [3.05, 3.63) is 57.6 Å². The summed E-state index contributed by atoms with van der Waals surface area (Å²) in [4.78, 5) is 9.94. The number of benzene rings is 2. The van der Waals surface area contributed by atoms with E-state index < -0.39 is 0 Å². The average molecular weight is 505 g/mol. The summed E-state index contributed by atoms with van der Waals surface area (Å²) < 4.78 is 0. The van der Waals surface area contributed by atoms with E-state index in [4.69, 9.17) is 9.98 Å². The Kier molecular flexibility index (Phi) is 11.7. The molecule has 0 radical (unpaired) electrons. The zero-order chi connectivity index (χ0) is 26.6. The average Bonchev–Trinajstić information content (AvgIpc) is 2.91. The van der Waals surface area contributed by atoms with Crippen LogP contribution in [-0.2, 0) is 19.3 Å². The Morgan fingerprint density at radius 3 is 1.73 bits per heavy atom. The minimum Gasteiger partial charge on any atom is -0.507 e. The lowest BCUT2D eigenvalue weighted by atomic mass is 9.91. The maximum Gasteiger partial charge on any atom is 0.127 e. The molecular weight excluding hydrogens is 456 g/mol. The molecular formula is C33H48N2O2. The molecule has 0 spiro atoms. The zero-order valence-electron chi connectivity index (χ0n) is 23.6. The molecule has 0 saturated heterocycles. The molecule has 1 aliphatic carbocycles. The summed E-state index contributed by atoms with van der Waals surface area (Å²) >= 11 is 0. The van der Waals surface area contributed by atoms with Gasteiger partial charge in [-0.25, -0.2) is 0 Å². The van der Waals surface area contributed by atoms with Crippen molar-refractivity contribution in [1.29, 1.82) is 0 Å². The van der Waals surface area contributed by atoms with Gasteiger partial charge in [0.2, 0.25) is 0 Å². The molecule has 1 unspecified atom stereocenters. The zero-order valence-corrected chi connectivity index (χ0v) is 23.6. The van der Waals surface area contributed by atoms with Crippen molar-refractivity contribution < 1.29 is 10.2 Å². The second kappa shape index (κ2) is 15.0. The highest BCUT2D eigenvalue weighted by Crippen LogP contribution is 2.29. The van der Waals surface area contributed by atoms with Gasteiger partial charge in [-0.2, -0.15) is 0 Å². The summed E-state index contributed by atoms with van der Waals surface area (Å²) in [5.74, 6) is 0.714. The number of phenolic OH excluding ortho intramolecular Hbond substituents is 2. The van der Waals surface area contributed by atoms with Crippen LogP contribution in [0.5, 0.6) is 11.5 Å². The highest BCUT2D eigenvalue weighted by molar-refractivity contribution is 5.85. The quantitative estimate of drug-likeness (QED) is 0.270. The van der Waals surface area contributed by atoms with Gasteiger partial charge in [0.1, 0.15) is 11.5 Å². The van der Waals surface area contributed by atoms with E-state index in [1.165, 1.54) is 11.1 Å². The summed E-state index contributed by atoms with van der Waals surface area (Å²) in [7, 11) is 0. The van der Waals surface area contributed by atoms with Gasteiger partial charge >= 0.3 is 0 Å². The molecule has 2 atom stereocenters. The molecule has 0 aromatic heterocycles. The fourth-order valence-corrected chi connectivity index (χ4v) is 5.27. The Morgan fingerprint density at radius 2 is 1.19 bits per heavy atom. The van der Waals surface area contributed by atoms with Gasteiger partial charge in [0.15, 0.2) is 0 Å². The molecule has 3 rings (SSSR count). The van der Waals surface area contributed by atoms with Crippen LogP contribution in [0.3, 0.4) is 0 Å². The second-order valence-electron chi connectivity index (χ2n) is 10.8. The summed E-state index contributed by atoms with van der Waals surface area (Å²) in [6.07, 6.45) is 17.8. The molecule has 1 saturated carbocycles. The highest BCUT2D eigenvalue weighted by atomic mass is 16.3. The van der Waals surface area contributed by atoms with Crippen LogP contribution in [0.25, 0.3) is 0 Å². The molecule has 4 nitrogen and oxygen atoms in total. The van der Waals surface area contributed by atoms with Crippen LogP contribution in [0, 0.1) is 6.92 Å². The third-order valence-electron chi connectivity index (χ3n) is 7.61. The summed E-state index contributed by atoms with van der Waals surface area (Å²) in [6, 6.07) is 8.66. The van der Waals surface area contributed by atoms with Crippen LogP contribution in [0.15, 0.2) is 34.3 Å². The molecule has 2 aromatic carbocycles. The lowest BCUT2D eigenvalue weighted by Crippen LogP contribution is -2.27. The van der Waals surface area contributed by atoms with Crippen molar-refractivity contribution in [3.8, 4) is 11.5 Å². The monoisotopic (exact) mass is 504 g/mol. The van der Waals surface area contributed by atoms with E-state index in [0.717, 1.165) is 106 Å². The van der Waals surface area contributed by atoms with Gasteiger partial charge in [0.25, 0.3) is 0 Å². The maximum absolute atomic E-state index is 11.0. The van der Waals surface area contributed by atoms with E-state index in [-0.39, 0.29) is 12.1 Å². The number of unbranched alkanes of at least 4 members (excludes halogenated alkanes) is 3. The molecule has 0 bridgehead atoms. The number of hydrogen-bond acceptors (Lipinski definition) is 4. The normalized spacial score (nSPS) is 18.3. The van der Waals surface area contributed by atoms with E-state index in [1.54, 1.807) is 0 Å². The van der Waals surface area contributed by atoms with Crippen molar-refractivity contribution >= 4 is 12.4 Å². The Hall–Kier alpha value is -2.62. The first-order chi connectivity index (χ1) is 18.0. The van der Waals surface area contributed by atoms with Gasteiger partial charge in [-0.3, -0.25) is 9.98 Å². The first-order valence-corrected chi connectivity index (χ1v) is 14.7. The number of aryl methyl sites for hydroxylation is 4. The van der Waals surface area contributed by atoms with Gasteiger partial charge < -0.3 is 10.2 Å². The van der Waals surface area contributed by atoms with E-state index in [1.807, 2.05) is 19.4 Å². The van der Waals surface area contributed by atoms with Crippen molar-refractivity contribution in [2.45, 2.75) is 123 Å². The Morgan fingerprint density at radius 1 is 0.703 bits per heavy atom. The minimum absolute atomic E-state index is 0.0917. The number of aromatic hydroxyl groups is 2. The fourth-order valence-electron chi connectivity index (χ4n) is 5.27. The van der Waals surface area contributed by atoms with Crippen LogP contribution < -0.4 is 0 Å². The molecule has 2 aromatic rings. The summed E-state index contributed by atoms with van der Waals surface area (Å²) in [6.45, 7) is 8.57. The predicted molar refractivity (Wildman–Crippen MR) is 158 cm³/mol. The number of aliphatic imine (C=N–C) groups is 2. The van der Waals surface area contributed by atoms with Crippen LogP contribution in [0.1, 0.15) is 118 Å².